The van der Waals surface area contributed by atoms with Crippen LogP contribution in [-0.4, -0.2) is 48.3 Å². The van der Waals surface area contributed by atoms with E-state index in [4.69, 9.17) is 9.84 Å². The molecule has 26 heavy (non-hydrogen) atoms. The van der Waals surface area contributed by atoms with E-state index in [0.717, 1.165) is 0 Å². The Balaban J connectivity index is 2.26. The fourth-order valence-corrected chi connectivity index (χ4v) is 3.18. The van der Waals surface area contributed by atoms with Crippen molar-refractivity contribution in [2.75, 3.05) is 19.7 Å². The molecule has 1 aromatic rings. The Morgan fingerprint density at radius 2 is 2.04 bits per heavy atom. The maximum absolute atomic E-state index is 12.5. The number of carboxylic acid groups (broad SMARTS) is 1. The second kappa shape index (κ2) is 8.32. The molecule has 8 heteroatoms. The molecule has 1 N–H and O–H groups in total. The van der Waals surface area contributed by atoms with Gasteiger partial charge in [-0.25, -0.2) is 0 Å². The quantitative estimate of drug-likeness (QED) is 0.797. The predicted molar refractivity (Wildman–Crippen MR) is 89.4 cm³/mol. The van der Waals surface area contributed by atoms with Gasteiger partial charge >= 0.3 is 12.6 Å². The van der Waals surface area contributed by atoms with E-state index >= 15 is 0 Å². The molecule has 1 heterocycles. The summed E-state index contributed by atoms with van der Waals surface area (Å²) in [5.41, 5.74) is -0.156. The van der Waals surface area contributed by atoms with Crippen LogP contribution in [0.5, 0.6) is 11.5 Å². The molecule has 0 radical (unpaired) electrons. The smallest absolute Gasteiger partial charge is 0.387 e. The zero-order valence-electron chi connectivity index (χ0n) is 14.7. The number of likely N-dealkylation sites (tertiary alicyclic amines) is 1. The molecule has 1 aromatic carbocycles. The lowest BCUT2D eigenvalue weighted by Crippen LogP contribution is -2.48. The van der Waals surface area contributed by atoms with Gasteiger partial charge in [0.2, 0.25) is 0 Å². The molecule has 0 amide bonds. The van der Waals surface area contributed by atoms with Crippen molar-refractivity contribution in [2.24, 2.45) is 0 Å². The third kappa shape index (κ3) is 4.22. The monoisotopic (exact) mass is 368 g/mol. The number of nitrogens with zero attached hydrogens (tertiary/aromatic N) is 2. The van der Waals surface area contributed by atoms with Crippen LogP contribution in [-0.2, 0) is 10.2 Å². The second-order valence-corrected chi connectivity index (χ2v) is 6.22. The van der Waals surface area contributed by atoms with Gasteiger partial charge in [0, 0.05) is 13.1 Å². The zero-order chi connectivity index (χ0) is 19.3. The van der Waals surface area contributed by atoms with E-state index in [0.29, 0.717) is 31.5 Å². The summed E-state index contributed by atoms with van der Waals surface area (Å²) in [6.45, 7) is 1.56. The fourth-order valence-electron chi connectivity index (χ4n) is 3.18. The molecule has 0 spiro atoms. The van der Waals surface area contributed by atoms with E-state index in [1.807, 2.05) is 4.90 Å². The second-order valence-electron chi connectivity index (χ2n) is 6.22. The highest BCUT2D eigenvalue weighted by atomic mass is 19.3. The van der Waals surface area contributed by atoms with Crippen LogP contribution >= 0.6 is 0 Å². The summed E-state index contributed by atoms with van der Waals surface area (Å²) in [6, 6.07) is 6.27. The summed E-state index contributed by atoms with van der Waals surface area (Å²) in [6.07, 6.45) is 0.892. The molecule has 1 atom stereocenters. The minimum absolute atomic E-state index is 0.0735. The standard InChI is InChI=1S/C18H22F2N2O4/c1-3-25-15-10-13(4-5-14(15)26-17(19)20)18(11-21)6-8-22(9-7-18)12(2)16(23)24/h4-5,10,12,17H,3,6-9H2,1-2H3,(H,23,24). The van der Waals surface area contributed by atoms with Crippen LogP contribution in [0.1, 0.15) is 32.3 Å². The largest absolute Gasteiger partial charge is 0.490 e. The maximum Gasteiger partial charge on any atom is 0.387 e. The lowest BCUT2D eigenvalue weighted by molar-refractivity contribution is -0.143. The van der Waals surface area contributed by atoms with Crippen LogP contribution in [0.4, 0.5) is 8.78 Å². The van der Waals surface area contributed by atoms with Crippen molar-refractivity contribution in [1.29, 1.82) is 5.26 Å². The molecule has 0 aromatic heterocycles. The normalized spacial score (nSPS) is 18.2. The highest BCUT2D eigenvalue weighted by molar-refractivity contribution is 5.72. The number of ether oxygens (including phenoxy) is 2. The van der Waals surface area contributed by atoms with Crippen molar-refractivity contribution >= 4 is 5.97 Å². The number of carbonyl (C=O) groups is 1. The van der Waals surface area contributed by atoms with Crippen LogP contribution in [0.25, 0.3) is 0 Å². The van der Waals surface area contributed by atoms with Crippen molar-refractivity contribution in [1.82, 2.24) is 4.90 Å². The predicted octanol–water partition coefficient (Wildman–Crippen LogP) is 3.02. The summed E-state index contributed by atoms with van der Waals surface area (Å²) >= 11 is 0. The minimum atomic E-state index is -2.97. The Labute approximate surface area is 150 Å². The number of carboxylic acids is 1. The Kier molecular flexibility index (Phi) is 6.37. The number of aliphatic carboxylic acids is 1. The lowest BCUT2D eigenvalue weighted by Gasteiger charge is -2.39. The topological polar surface area (TPSA) is 82.8 Å². The van der Waals surface area contributed by atoms with Gasteiger partial charge in [0.25, 0.3) is 0 Å². The first-order chi connectivity index (χ1) is 12.3. The average Bonchev–Trinajstić information content (AvgIpc) is 2.62. The molecule has 0 bridgehead atoms. The Morgan fingerprint density at radius 1 is 1.38 bits per heavy atom. The number of alkyl halides is 2. The Hall–Kier alpha value is -2.40. The van der Waals surface area contributed by atoms with Gasteiger partial charge in [-0.05, 0) is 44.4 Å². The third-order valence-electron chi connectivity index (χ3n) is 4.78. The first kappa shape index (κ1) is 19.9. The number of nitriles is 1. The van der Waals surface area contributed by atoms with Gasteiger partial charge in [0.05, 0.1) is 18.1 Å². The summed E-state index contributed by atoms with van der Waals surface area (Å²) in [7, 11) is 0. The number of piperidine rings is 1. The van der Waals surface area contributed by atoms with Crippen molar-refractivity contribution < 1.29 is 28.2 Å². The number of rotatable bonds is 7. The number of halogens is 2. The number of hydrogen-bond donors (Lipinski definition) is 1. The maximum atomic E-state index is 12.5. The first-order valence-electron chi connectivity index (χ1n) is 8.43. The van der Waals surface area contributed by atoms with Crippen LogP contribution < -0.4 is 9.47 Å². The SMILES string of the molecule is CCOc1cc(C2(C#N)CCN(C(C)C(=O)O)CC2)ccc1OC(F)F. The van der Waals surface area contributed by atoms with Gasteiger partial charge in [-0.15, -0.1) is 0 Å². The van der Waals surface area contributed by atoms with Gasteiger partial charge in [-0.1, -0.05) is 6.07 Å². The molecule has 1 fully saturated rings. The molecule has 1 saturated heterocycles. The lowest BCUT2D eigenvalue weighted by atomic mass is 9.73. The zero-order valence-corrected chi connectivity index (χ0v) is 14.7. The summed E-state index contributed by atoms with van der Waals surface area (Å²) in [5, 5.41) is 18.9. The molecule has 1 unspecified atom stereocenters. The highest BCUT2D eigenvalue weighted by Gasteiger charge is 2.39. The first-order valence-corrected chi connectivity index (χ1v) is 8.43. The van der Waals surface area contributed by atoms with E-state index in [9.17, 15) is 18.8 Å². The van der Waals surface area contributed by atoms with Crippen LogP contribution in [0.2, 0.25) is 0 Å². The van der Waals surface area contributed by atoms with E-state index in [1.165, 1.54) is 6.07 Å². The van der Waals surface area contributed by atoms with Crippen molar-refractivity contribution in [3.63, 3.8) is 0 Å². The van der Waals surface area contributed by atoms with E-state index in [2.05, 4.69) is 10.8 Å². The average molecular weight is 368 g/mol. The van der Waals surface area contributed by atoms with Crippen LogP contribution in [0.3, 0.4) is 0 Å². The minimum Gasteiger partial charge on any atom is -0.490 e. The molecular formula is C18H22F2N2O4. The van der Waals surface area contributed by atoms with Crippen molar-refractivity contribution in [3.05, 3.63) is 23.8 Å². The molecule has 0 saturated carbocycles. The van der Waals surface area contributed by atoms with Crippen molar-refractivity contribution in [3.8, 4) is 17.6 Å². The molecule has 1 aliphatic heterocycles. The van der Waals surface area contributed by atoms with Gasteiger partial charge in [-0.3, -0.25) is 9.69 Å². The number of benzene rings is 1. The van der Waals surface area contributed by atoms with E-state index < -0.39 is 24.0 Å². The van der Waals surface area contributed by atoms with Gasteiger partial charge in [0.1, 0.15) is 6.04 Å². The summed E-state index contributed by atoms with van der Waals surface area (Å²) < 4.78 is 34.9. The van der Waals surface area contributed by atoms with Gasteiger partial charge < -0.3 is 14.6 Å². The fraction of sp³-hybridized carbons (Fsp3) is 0.556. The molecular weight excluding hydrogens is 346 g/mol. The Morgan fingerprint density at radius 3 is 2.54 bits per heavy atom. The number of hydrogen-bond acceptors (Lipinski definition) is 5. The van der Waals surface area contributed by atoms with Crippen molar-refractivity contribution in [2.45, 2.75) is 44.8 Å². The summed E-state index contributed by atoms with van der Waals surface area (Å²) in [4.78, 5) is 13.0. The van der Waals surface area contributed by atoms with Crippen LogP contribution in [0, 0.1) is 11.3 Å². The Bertz CT molecular complexity index is 682. The van der Waals surface area contributed by atoms with Gasteiger partial charge in [-0.2, -0.15) is 14.0 Å². The highest BCUT2D eigenvalue weighted by Crippen LogP contribution is 2.40. The molecule has 2 rings (SSSR count). The van der Waals surface area contributed by atoms with E-state index in [1.54, 1.807) is 26.0 Å². The van der Waals surface area contributed by atoms with Gasteiger partial charge in [0.15, 0.2) is 11.5 Å². The molecule has 1 aliphatic rings. The molecule has 6 nitrogen and oxygen atoms in total. The van der Waals surface area contributed by atoms with Crippen LogP contribution in [0.15, 0.2) is 18.2 Å². The summed E-state index contributed by atoms with van der Waals surface area (Å²) in [5.74, 6) is -0.807. The molecule has 142 valence electrons. The molecule has 0 aliphatic carbocycles. The van der Waals surface area contributed by atoms with E-state index in [-0.39, 0.29) is 18.1 Å². The third-order valence-corrected chi connectivity index (χ3v) is 4.78.